The Morgan fingerprint density at radius 2 is 2.05 bits per heavy atom. The third-order valence-corrected chi connectivity index (χ3v) is 3.24. The van der Waals surface area contributed by atoms with Crippen molar-refractivity contribution in [1.82, 2.24) is 9.78 Å². The molecule has 1 aromatic heterocycles. The summed E-state index contributed by atoms with van der Waals surface area (Å²) in [5.74, 6) is -0.375. The molecular formula is C14H15BrN2O2. The van der Waals surface area contributed by atoms with Gasteiger partial charge < -0.3 is 4.74 Å². The van der Waals surface area contributed by atoms with E-state index in [9.17, 15) is 4.79 Å². The van der Waals surface area contributed by atoms with E-state index in [1.54, 1.807) is 17.7 Å². The molecule has 0 spiro atoms. The Labute approximate surface area is 120 Å². The van der Waals surface area contributed by atoms with Crippen LogP contribution in [0, 0.1) is 6.92 Å². The molecule has 100 valence electrons. The maximum atomic E-state index is 11.6. The van der Waals surface area contributed by atoms with Gasteiger partial charge in [-0.25, -0.2) is 4.79 Å². The van der Waals surface area contributed by atoms with Gasteiger partial charge in [0, 0.05) is 10.2 Å². The third-order valence-electron chi connectivity index (χ3n) is 2.71. The highest BCUT2D eigenvalue weighted by Crippen LogP contribution is 2.13. The summed E-state index contributed by atoms with van der Waals surface area (Å²) in [6.45, 7) is 4.70. The second kappa shape index (κ2) is 6.02. The molecular weight excluding hydrogens is 308 g/mol. The topological polar surface area (TPSA) is 44.1 Å². The van der Waals surface area contributed by atoms with Crippen LogP contribution in [0.25, 0.3) is 0 Å². The van der Waals surface area contributed by atoms with Crippen molar-refractivity contribution in [2.75, 3.05) is 6.61 Å². The van der Waals surface area contributed by atoms with Crippen LogP contribution in [-0.2, 0) is 11.3 Å². The molecule has 19 heavy (non-hydrogen) atoms. The van der Waals surface area contributed by atoms with Crippen LogP contribution in [-0.4, -0.2) is 22.4 Å². The zero-order valence-electron chi connectivity index (χ0n) is 10.9. The number of aromatic nitrogens is 2. The molecule has 2 rings (SSSR count). The number of carbonyl (C=O) groups excluding carboxylic acids is 1. The van der Waals surface area contributed by atoms with Crippen molar-refractivity contribution in [2.45, 2.75) is 20.4 Å². The summed E-state index contributed by atoms with van der Waals surface area (Å²) in [6, 6.07) is 9.77. The molecule has 0 radical (unpaired) electrons. The average Bonchev–Trinajstić information content (AvgIpc) is 2.74. The van der Waals surface area contributed by atoms with Crippen LogP contribution in [0.15, 0.2) is 34.8 Å². The smallest absolute Gasteiger partial charge is 0.358 e. The van der Waals surface area contributed by atoms with Crippen LogP contribution in [0.3, 0.4) is 0 Å². The molecule has 0 aliphatic heterocycles. The minimum atomic E-state index is -0.375. The van der Waals surface area contributed by atoms with Crippen LogP contribution in [0.2, 0.25) is 0 Å². The van der Waals surface area contributed by atoms with E-state index in [0.717, 1.165) is 15.7 Å². The third kappa shape index (κ3) is 3.44. The van der Waals surface area contributed by atoms with Crippen molar-refractivity contribution in [3.63, 3.8) is 0 Å². The summed E-state index contributed by atoms with van der Waals surface area (Å²) in [6.07, 6.45) is 0. The number of hydrogen-bond acceptors (Lipinski definition) is 3. The summed E-state index contributed by atoms with van der Waals surface area (Å²) >= 11 is 3.40. The van der Waals surface area contributed by atoms with Crippen LogP contribution < -0.4 is 0 Å². The fourth-order valence-corrected chi connectivity index (χ4v) is 2.00. The fourth-order valence-electron chi connectivity index (χ4n) is 1.74. The van der Waals surface area contributed by atoms with Crippen molar-refractivity contribution < 1.29 is 9.53 Å². The minimum Gasteiger partial charge on any atom is -0.461 e. The van der Waals surface area contributed by atoms with E-state index in [-0.39, 0.29) is 5.97 Å². The maximum Gasteiger partial charge on any atom is 0.358 e. The number of hydrogen-bond donors (Lipinski definition) is 0. The van der Waals surface area contributed by atoms with Gasteiger partial charge in [0.25, 0.3) is 0 Å². The Morgan fingerprint density at radius 1 is 1.37 bits per heavy atom. The summed E-state index contributed by atoms with van der Waals surface area (Å²) in [5.41, 5.74) is 2.42. The van der Waals surface area contributed by atoms with E-state index in [0.29, 0.717) is 18.8 Å². The number of aryl methyl sites for hydroxylation is 1. The highest BCUT2D eigenvalue weighted by molar-refractivity contribution is 9.10. The van der Waals surface area contributed by atoms with Crippen LogP contribution >= 0.6 is 15.9 Å². The Balaban J connectivity index is 2.17. The summed E-state index contributed by atoms with van der Waals surface area (Å²) in [5, 5.41) is 4.28. The largest absolute Gasteiger partial charge is 0.461 e. The quantitative estimate of drug-likeness (QED) is 0.812. The van der Waals surface area contributed by atoms with E-state index in [1.165, 1.54) is 0 Å². The molecule has 5 heteroatoms. The Bertz CT molecular complexity index is 576. The van der Waals surface area contributed by atoms with Gasteiger partial charge in [-0.05, 0) is 37.6 Å². The van der Waals surface area contributed by atoms with Gasteiger partial charge in [0.1, 0.15) is 0 Å². The molecule has 2 aromatic rings. The number of halogens is 1. The lowest BCUT2D eigenvalue weighted by Crippen LogP contribution is -2.08. The van der Waals surface area contributed by atoms with Gasteiger partial charge in [0.2, 0.25) is 0 Å². The van der Waals surface area contributed by atoms with Gasteiger partial charge in [0.15, 0.2) is 5.69 Å². The lowest BCUT2D eigenvalue weighted by atomic mass is 10.2. The lowest BCUT2D eigenvalue weighted by Gasteiger charge is -2.04. The monoisotopic (exact) mass is 322 g/mol. The number of esters is 1. The Kier molecular flexibility index (Phi) is 4.37. The molecule has 1 heterocycles. The first kappa shape index (κ1) is 13.8. The van der Waals surface area contributed by atoms with E-state index in [4.69, 9.17) is 4.74 Å². The second-order valence-electron chi connectivity index (χ2n) is 4.18. The van der Waals surface area contributed by atoms with Crippen molar-refractivity contribution in [1.29, 1.82) is 0 Å². The van der Waals surface area contributed by atoms with Crippen molar-refractivity contribution >= 4 is 21.9 Å². The molecule has 0 saturated heterocycles. The normalized spacial score (nSPS) is 10.5. The van der Waals surface area contributed by atoms with Gasteiger partial charge in [-0.2, -0.15) is 5.10 Å². The predicted molar refractivity (Wildman–Crippen MR) is 76.2 cm³/mol. The molecule has 1 aromatic carbocycles. The first-order valence-corrected chi connectivity index (χ1v) is 6.85. The van der Waals surface area contributed by atoms with Crippen molar-refractivity contribution in [3.05, 3.63) is 51.8 Å². The zero-order valence-corrected chi connectivity index (χ0v) is 12.5. The minimum absolute atomic E-state index is 0.358. The summed E-state index contributed by atoms with van der Waals surface area (Å²) in [4.78, 5) is 11.6. The standard InChI is InChI=1S/C14H15BrN2O2/c1-3-19-14(18)13-8-10(2)17(16-13)9-11-4-6-12(15)7-5-11/h4-8H,3,9H2,1-2H3. The van der Waals surface area contributed by atoms with Crippen molar-refractivity contribution in [3.8, 4) is 0 Å². The van der Waals surface area contributed by atoms with E-state index in [2.05, 4.69) is 21.0 Å². The van der Waals surface area contributed by atoms with Crippen molar-refractivity contribution in [2.24, 2.45) is 0 Å². The van der Waals surface area contributed by atoms with Gasteiger partial charge in [-0.3, -0.25) is 4.68 Å². The molecule has 0 bridgehead atoms. The van der Waals surface area contributed by atoms with E-state index >= 15 is 0 Å². The maximum absolute atomic E-state index is 11.6. The number of benzene rings is 1. The van der Waals surface area contributed by atoms with Crippen LogP contribution in [0.5, 0.6) is 0 Å². The van der Waals surface area contributed by atoms with Gasteiger partial charge in [0.05, 0.1) is 13.2 Å². The number of carbonyl (C=O) groups is 1. The molecule has 0 atom stereocenters. The first-order chi connectivity index (χ1) is 9.10. The average molecular weight is 323 g/mol. The second-order valence-corrected chi connectivity index (χ2v) is 5.09. The zero-order chi connectivity index (χ0) is 13.8. The number of nitrogens with zero attached hydrogens (tertiary/aromatic N) is 2. The van der Waals surface area contributed by atoms with Gasteiger partial charge >= 0.3 is 5.97 Å². The summed E-state index contributed by atoms with van der Waals surface area (Å²) in [7, 11) is 0. The number of rotatable bonds is 4. The SMILES string of the molecule is CCOC(=O)c1cc(C)n(Cc2ccc(Br)cc2)n1. The first-order valence-electron chi connectivity index (χ1n) is 6.06. The van der Waals surface area contributed by atoms with E-state index in [1.807, 2.05) is 31.2 Å². The highest BCUT2D eigenvalue weighted by Gasteiger charge is 2.13. The van der Waals surface area contributed by atoms with Gasteiger partial charge in [-0.15, -0.1) is 0 Å². The summed E-state index contributed by atoms with van der Waals surface area (Å²) < 4.78 is 7.78. The lowest BCUT2D eigenvalue weighted by molar-refractivity contribution is 0.0518. The predicted octanol–water partition coefficient (Wildman–Crippen LogP) is 3.18. The molecule has 0 amide bonds. The Morgan fingerprint density at radius 3 is 2.68 bits per heavy atom. The molecule has 0 aliphatic carbocycles. The molecule has 4 nitrogen and oxygen atoms in total. The highest BCUT2D eigenvalue weighted by atomic mass is 79.9. The molecule has 0 fully saturated rings. The van der Waals surface area contributed by atoms with Crippen LogP contribution in [0.1, 0.15) is 28.7 Å². The fraction of sp³-hybridized carbons (Fsp3) is 0.286. The van der Waals surface area contributed by atoms with E-state index < -0.39 is 0 Å². The molecule has 0 saturated carbocycles. The Hall–Kier alpha value is -1.62. The molecule has 0 unspecified atom stereocenters. The number of ether oxygens (including phenoxy) is 1. The van der Waals surface area contributed by atoms with Crippen LogP contribution in [0.4, 0.5) is 0 Å². The molecule has 0 aliphatic rings. The van der Waals surface area contributed by atoms with Gasteiger partial charge in [-0.1, -0.05) is 28.1 Å². The molecule has 0 N–H and O–H groups in total.